The number of rotatable bonds is 4. The van der Waals surface area contributed by atoms with Gasteiger partial charge in [-0.2, -0.15) is 0 Å². The van der Waals surface area contributed by atoms with Gasteiger partial charge in [0.05, 0.1) is 12.2 Å². The summed E-state index contributed by atoms with van der Waals surface area (Å²) in [4.78, 5) is 34.5. The first-order chi connectivity index (χ1) is 11.8. The van der Waals surface area contributed by atoms with Crippen LogP contribution in [0, 0.1) is 5.92 Å². The van der Waals surface area contributed by atoms with Gasteiger partial charge in [-0.15, -0.1) is 0 Å². The number of aliphatic carboxylic acids is 1. The van der Waals surface area contributed by atoms with Crippen LogP contribution in [0.3, 0.4) is 0 Å². The molecule has 2 atom stereocenters. The Hall–Kier alpha value is -2.35. The summed E-state index contributed by atoms with van der Waals surface area (Å²) in [5.74, 6) is -0.203. The highest BCUT2D eigenvalue weighted by atomic mass is 16.4. The third-order valence-electron chi connectivity index (χ3n) is 3.85. The number of carbonyl (C=O) groups is 3. The SMILES string of the molecule is CC(=O)N1C[C@@H](N)CC[C@@H](C(=O)NCCc2ccco2)C1.CC(=O)O. The molecule has 25 heavy (non-hydrogen) atoms. The van der Waals surface area contributed by atoms with E-state index in [1.807, 2.05) is 12.1 Å². The van der Waals surface area contributed by atoms with Crippen LogP contribution >= 0.6 is 0 Å². The molecule has 2 rings (SSSR count). The largest absolute Gasteiger partial charge is 0.481 e. The molecule has 1 aromatic heterocycles. The van der Waals surface area contributed by atoms with Crippen LogP contribution in [0.1, 0.15) is 32.4 Å². The van der Waals surface area contributed by atoms with Crippen LogP contribution in [0.15, 0.2) is 22.8 Å². The zero-order valence-corrected chi connectivity index (χ0v) is 14.7. The number of hydrogen-bond donors (Lipinski definition) is 3. The van der Waals surface area contributed by atoms with Crippen LogP contribution in [0.4, 0.5) is 0 Å². The Kier molecular flexibility index (Phi) is 8.69. The summed E-state index contributed by atoms with van der Waals surface area (Å²) in [5.41, 5.74) is 5.95. The molecule has 0 aliphatic carbocycles. The van der Waals surface area contributed by atoms with Crippen molar-refractivity contribution in [2.75, 3.05) is 19.6 Å². The molecule has 1 saturated heterocycles. The van der Waals surface area contributed by atoms with Crippen LogP contribution < -0.4 is 11.1 Å². The second kappa shape index (κ2) is 10.5. The number of furan rings is 1. The predicted octanol–water partition coefficient (Wildman–Crippen LogP) is 0.615. The molecule has 2 heterocycles. The summed E-state index contributed by atoms with van der Waals surface area (Å²) in [6.07, 6.45) is 3.77. The maximum atomic E-state index is 12.2. The van der Waals surface area contributed by atoms with Crippen molar-refractivity contribution in [2.45, 2.75) is 39.2 Å². The number of carbonyl (C=O) groups excluding carboxylic acids is 2. The lowest BCUT2D eigenvalue weighted by Gasteiger charge is -2.23. The van der Waals surface area contributed by atoms with Crippen molar-refractivity contribution >= 4 is 17.8 Å². The molecule has 1 fully saturated rings. The van der Waals surface area contributed by atoms with Crippen molar-refractivity contribution in [3.8, 4) is 0 Å². The lowest BCUT2D eigenvalue weighted by Crippen LogP contribution is -2.42. The maximum Gasteiger partial charge on any atom is 0.300 e. The Morgan fingerprint density at radius 2 is 2.00 bits per heavy atom. The van der Waals surface area contributed by atoms with E-state index in [2.05, 4.69) is 5.32 Å². The fraction of sp³-hybridized carbons (Fsp3) is 0.588. The predicted molar refractivity (Wildman–Crippen MR) is 91.7 cm³/mol. The molecular formula is C17H27N3O5. The summed E-state index contributed by atoms with van der Waals surface area (Å²) in [5, 5.41) is 10.3. The summed E-state index contributed by atoms with van der Waals surface area (Å²) in [7, 11) is 0. The normalized spacial score (nSPS) is 20.0. The van der Waals surface area contributed by atoms with E-state index in [-0.39, 0.29) is 23.8 Å². The summed E-state index contributed by atoms with van der Waals surface area (Å²) < 4.78 is 5.22. The number of nitrogens with zero attached hydrogens (tertiary/aromatic N) is 1. The Labute approximate surface area is 147 Å². The van der Waals surface area contributed by atoms with Gasteiger partial charge >= 0.3 is 0 Å². The zero-order chi connectivity index (χ0) is 18.8. The number of nitrogens with one attached hydrogen (secondary N) is 1. The molecule has 140 valence electrons. The second-order valence-electron chi connectivity index (χ2n) is 6.10. The zero-order valence-electron chi connectivity index (χ0n) is 14.7. The van der Waals surface area contributed by atoms with Crippen LogP contribution in [-0.2, 0) is 20.8 Å². The highest BCUT2D eigenvalue weighted by Crippen LogP contribution is 2.16. The molecule has 0 unspecified atom stereocenters. The van der Waals surface area contributed by atoms with E-state index in [4.69, 9.17) is 20.1 Å². The Morgan fingerprint density at radius 3 is 2.56 bits per heavy atom. The lowest BCUT2D eigenvalue weighted by molar-refractivity contribution is -0.134. The molecule has 1 aromatic rings. The smallest absolute Gasteiger partial charge is 0.300 e. The van der Waals surface area contributed by atoms with Crippen LogP contribution in [-0.4, -0.2) is 53.5 Å². The van der Waals surface area contributed by atoms with Gasteiger partial charge in [-0.1, -0.05) is 0 Å². The molecule has 1 aliphatic rings. The van der Waals surface area contributed by atoms with Gasteiger partial charge in [0.25, 0.3) is 5.97 Å². The van der Waals surface area contributed by atoms with E-state index in [0.717, 1.165) is 25.5 Å². The second-order valence-corrected chi connectivity index (χ2v) is 6.10. The van der Waals surface area contributed by atoms with Gasteiger partial charge in [0.2, 0.25) is 11.8 Å². The highest BCUT2D eigenvalue weighted by Gasteiger charge is 2.28. The van der Waals surface area contributed by atoms with Gasteiger partial charge in [-0.05, 0) is 25.0 Å². The third kappa shape index (κ3) is 8.35. The molecule has 2 amide bonds. The van der Waals surface area contributed by atoms with E-state index < -0.39 is 5.97 Å². The van der Waals surface area contributed by atoms with E-state index in [1.54, 1.807) is 11.2 Å². The van der Waals surface area contributed by atoms with E-state index >= 15 is 0 Å². The number of carboxylic acids is 1. The van der Waals surface area contributed by atoms with Gasteiger partial charge in [0.1, 0.15) is 5.76 Å². The third-order valence-corrected chi connectivity index (χ3v) is 3.85. The molecule has 0 bridgehead atoms. The van der Waals surface area contributed by atoms with Crippen LogP contribution in [0.5, 0.6) is 0 Å². The van der Waals surface area contributed by atoms with Crippen molar-refractivity contribution in [1.29, 1.82) is 0 Å². The molecule has 0 spiro atoms. The van der Waals surface area contributed by atoms with Gasteiger partial charge in [0, 0.05) is 45.9 Å². The average molecular weight is 353 g/mol. The molecular weight excluding hydrogens is 326 g/mol. The first-order valence-corrected chi connectivity index (χ1v) is 8.30. The minimum absolute atomic E-state index is 0.0121. The minimum Gasteiger partial charge on any atom is -0.481 e. The quantitative estimate of drug-likeness (QED) is 0.728. The topological polar surface area (TPSA) is 126 Å². The van der Waals surface area contributed by atoms with Gasteiger partial charge in [0.15, 0.2) is 0 Å². The monoisotopic (exact) mass is 353 g/mol. The van der Waals surface area contributed by atoms with Crippen molar-refractivity contribution in [2.24, 2.45) is 11.7 Å². The molecule has 8 nitrogen and oxygen atoms in total. The Morgan fingerprint density at radius 1 is 1.32 bits per heavy atom. The maximum absolute atomic E-state index is 12.2. The molecule has 0 saturated carbocycles. The van der Waals surface area contributed by atoms with E-state index in [9.17, 15) is 9.59 Å². The van der Waals surface area contributed by atoms with Crippen LogP contribution in [0.25, 0.3) is 0 Å². The van der Waals surface area contributed by atoms with E-state index in [1.165, 1.54) is 6.92 Å². The first-order valence-electron chi connectivity index (χ1n) is 8.30. The Bertz CT molecular complexity index is 555. The minimum atomic E-state index is -0.833. The van der Waals surface area contributed by atoms with Gasteiger partial charge < -0.3 is 25.5 Å². The number of amides is 2. The molecule has 1 aliphatic heterocycles. The van der Waals surface area contributed by atoms with Crippen molar-refractivity contribution in [1.82, 2.24) is 10.2 Å². The number of likely N-dealkylation sites (tertiary alicyclic amines) is 1. The van der Waals surface area contributed by atoms with Gasteiger partial charge in [-0.25, -0.2) is 0 Å². The average Bonchev–Trinajstić information content (AvgIpc) is 2.94. The summed E-state index contributed by atoms with van der Waals surface area (Å²) in [6, 6.07) is 3.66. The number of carboxylic acid groups (broad SMARTS) is 1. The van der Waals surface area contributed by atoms with Crippen molar-refractivity contribution in [3.63, 3.8) is 0 Å². The standard InChI is InChI=1S/C15H23N3O3.C2H4O2/c1-11(19)18-9-12(4-5-13(16)10-18)15(20)17-7-6-14-3-2-8-21-14;1-2(3)4/h2-3,8,12-13H,4-7,9-10,16H2,1H3,(H,17,20);1H3,(H,3,4)/t12-,13+;/m1./s1. The van der Waals surface area contributed by atoms with E-state index in [0.29, 0.717) is 26.1 Å². The molecule has 0 radical (unpaired) electrons. The number of hydrogen-bond acceptors (Lipinski definition) is 5. The fourth-order valence-corrected chi connectivity index (χ4v) is 2.60. The molecule has 8 heteroatoms. The summed E-state index contributed by atoms with van der Waals surface area (Å²) in [6.45, 7) is 4.13. The fourth-order valence-electron chi connectivity index (χ4n) is 2.60. The highest BCUT2D eigenvalue weighted by molar-refractivity contribution is 5.80. The van der Waals surface area contributed by atoms with Crippen molar-refractivity contribution < 1.29 is 23.9 Å². The Balaban J connectivity index is 0.000000705. The summed E-state index contributed by atoms with van der Waals surface area (Å²) >= 11 is 0. The van der Waals surface area contributed by atoms with Crippen LogP contribution in [0.2, 0.25) is 0 Å². The van der Waals surface area contributed by atoms with Gasteiger partial charge in [-0.3, -0.25) is 14.4 Å². The molecule has 0 aromatic carbocycles. The van der Waals surface area contributed by atoms with Crippen molar-refractivity contribution in [3.05, 3.63) is 24.2 Å². The molecule has 4 N–H and O–H groups in total. The number of nitrogens with two attached hydrogens (primary N) is 1. The lowest BCUT2D eigenvalue weighted by atomic mass is 10.0. The first kappa shape index (κ1) is 20.7.